The van der Waals surface area contributed by atoms with Crippen molar-refractivity contribution in [2.24, 2.45) is 5.92 Å². The van der Waals surface area contributed by atoms with Crippen molar-refractivity contribution >= 4 is 0 Å². The molecule has 1 aliphatic carbocycles. The van der Waals surface area contributed by atoms with Crippen LogP contribution in [0.15, 0.2) is 0 Å². The van der Waals surface area contributed by atoms with Crippen LogP contribution in [0.4, 0.5) is 0 Å². The van der Waals surface area contributed by atoms with E-state index in [1.807, 2.05) is 0 Å². The van der Waals surface area contributed by atoms with Gasteiger partial charge in [-0.2, -0.15) is 0 Å². The summed E-state index contributed by atoms with van der Waals surface area (Å²) in [5, 5.41) is 12.7. The van der Waals surface area contributed by atoms with Crippen LogP contribution < -0.4 is 5.32 Å². The third-order valence-electron chi connectivity index (χ3n) is 3.17. The third kappa shape index (κ3) is 8.00. The Morgan fingerprint density at radius 3 is 2.44 bits per heavy atom. The molecule has 1 saturated carbocycles. The molecule has 0 bridgehead atoms. The van der Waals surface area contributed by atoms with Crippen LogP contribution in [0.2, 0.25) is 0 Å². The average Bonchev–Trinajstić information content (AvgIpc) is 2.77. The Labute approximate surface area is 110 Å². The van der Waals surface area contributed by atoms with E-state index < -0.39 is 0 Å². The Hall–Kier alpha value is -0.200. The average molecular weight is 261 g/mol. The molecule has 0 heterocycles. The summed E-state index contributed by atoms with van der Waals surface area (Å²) in [6.07, 6.45) is 2.97. The van der Waals surface area contributed by atoms with Gasteiger partial charge >= 0.3 is 0 Å². The zero-order chi connectivity index (χ0) is 13.1. The van der Waals surface area contributed by atoms with E-state index in [2.05, 4.69) is 5.32 Å². The summed E-state index contributed by atoms with van der Waals surface area (Å²) >= 11 is 0. The second-order valence-electron chi connectivity index (χ2n) is 4.75. The van der Waals surface area contributed by atoms with Gasteiger partial charge < -0.3 is 24.6 Å². The molecule has 18 heavy (non-hydrogen) atoms. The van der Waals surface area contributed by atoms with Crippen molar-refractivity contribution in [1.29, 1.82) is 0 Å². The smallest absolute Gasteiger partial charge is 0.0701 e. The fourth-order valence-electron chi connectivity index (χ4n) is 2.15. The highest BCUT2D eigenvalue weighted by Gasteiger charge is 2.21. The summed E-state index contributed by atoms with van der Waals surface area (Å²) in [5.74, 6) is 0.636. The number of hydrogen-bond donors (Lipinski definition) is 2. The topological polar surface area (TPSA) is 60.0 Å². The lowest BCUT2D eigenvalue weighted by Crippen LogP contribution is -2.26. The maximum absolute atomic E-state index is 9.39. The number of ether oxygens (including phenoxy) is 3. The first-order chi connectivity index (χ1) is 8.83. The van der Waals surface area contributed by atoms with Gasteiger partial charge in [-0.1, -0.05) is 0 Å². The van der Waals surface area contributed by atoms with E-state index in [9.17, 15) is 5.11 Å². The molecule has 2 unspecified atom stereocenters. The second-order valence-corrected chi connectivity index (χ2v) is 4.75. The quantitative estimate of drug-likeness (QED) is 0.528. The van der Waals surface area contributed by atoms with Crippen LogP contribution in [-0.2, 0) is 14.2 Å². The summed E-state index contributed by atoms with van der Waals surface area (Å²) in [5.41, 5.74) is 0. The summed E-state index contributed by atoms with van der Waals surface area (Å²) < 4.78 is 15.6. The minimum Gasteiger partial charge on any atom is -0.393 e. The Morgan fingerprint density at radius 1 is 1.06 bits per heavy atom. The molecule has 0 aromatic heterocycles. The van der Waals surface area contributed by atoms with E-state index in [0.29, 0.717) is 39.0 Å². The Morgan fingerprint density at radius 2 is 1.78 bits per heavy atom. The van der Waals surface area contributed by atoms with Crippen LogP contribution in [0.1, 0.15) is 19.3 Å². The van der Waals surface area contributed by atoms with Crippen molar-refractivity contribution < 1.29 is 19.3 Å². The monoisotopic (exact) mass is 261 g/mol. The first kappa shape index (κ1) is 15.9. The zero-order valence-corrected chi connectivity index (χ0v) is 11.4. The maximum Gasteiger partial charge on any atom is 0.0701 e. The van der Waals surface area contributed by atoms with Crippen LogP contribution in [-0.4, -0.2) is 64.4 Å². The van der Waals surface area contributed by atoms with Gasteiger partial charge in [-0.05, 0) is 31.7 Å². The largest absolute Gasteiger partial charge is 0.393 e. The Kier molecular flexibility index (Phi) is 9.42. The molecular weight excluding hydrogens is 234 g/mol. The third-order valence-corrected chi connectivity index (χ3v) is 3.17. The molecule has 0 saturated heterocycles. The van der Waals surface area contributed by atoms with E-state index in [1.165, 1.54) is 0 Å². The molecule has 2 N–H and O–H groups in total. The van der Waals surface area contributed by atoms with E-state index in [-0.39, 0.29) is 6.10 Å². The zero-order valence-electron chi connectivity index (χ0n) is 11.4. The SMILES string of the molecule is COCCOCCOCCNCC1CCC(O)C1. The van der Waals surface area contributed by atoms with Gasteiger partial charge in [0, 0.05) is 13.7 Å². The van der Waals surface area contributed by atoms with Gasteiger partial charge in [-0.25, -0.2) is 0 Å². The van der Waals surface area contributed by atoms with Gasteiger partial charge in [0.15, 0.2) is 0 Å². The standard InChI is InChI=1S/C13H27NO4/c1-16-6-7-18-9-8-17-5-4-14-11-12-2-3-13(15)10-12/h12-15H,2-11H2,1H3. The van der Waals surface area contributed by atoms with Crippen LogP contribution in [0.3, 0.4) is 0 Å². The number of aliphatic hydroxyl groups is 1. The molecule has 0 aliphatic heterocycles. The minimum absolute atomic E-state index is 0.0719. The minimum atomic E-state index is -0.0719. The lowest BCUT2D eigenvalue weighted by Gasteiger charge is -2.11. The molecule has 1 fully saturated rings. The van der Waals surface area contributed by atoms with Crippen molar-refractivity contribution in [2.75, 3.05) is 53.2 Å². The highest BCUT2D eigenvalue weighted by molar-refractivity contribution is 4.75. The lowest BCUT2D eigenvalue weighted by atomic mass is 10.1. The second kappa shape index (κ2) is 10.7. The van der Waals surface area contributed by atoms with Crippen LogP contribution in [0.25, 0.3) is 0 Å². The van der Waals surface area contributed by atoms with E-state index >= 15 is 0 Å². The van der Waals surface area contributed by atoms with Gasteiger partial charge in [0.2, 0.25) is 0 Å². The molecule has 1 rings (SSSR count). The number of nitrogens with one attached hydrogen (secondary N) is 1. The molecule has 5 nitrogen and oxygen atoms in total. The lowest BCUT2D eigenvalue weighted by molar-refractivity contribution is 0.0255. The van der Waals surface area contributed by atoms with Crippen molar-refractivity contribution in [1.82, 2.24) is 5.32 Å². The van der Waals surface area contributed by atoms with Crippen molar-refractivity contribution in [3.63, 3.8) is 0 Å². The van der Waals surface area contributed by atoms with E-state index in [4.69, 9.17) is 14.2 Å². The highest BCUT2D eigenvalue weighted by atomic mass is 16.5. The van der Waals surface area contributed by atoms with Gasteiger partial charge in [0.25, 0.3) is 0 Å². The van der Waals surface area contributed by atoms with E-state index in [0.717, 1.165) is 32.4 Å². The molecule has 2 atom stereocenters. The van der Waals surface area contributed by atoms with Gasteiger partial charge in [0.05, 0.1) is 39.1 Å². The predicted molar refractivity (Wildman–Crippen MR) is 69.7 cm³/mol. The molecule has 0 amide bonds. The van der Waals surface area contributed by atoms with E-state index in [1.54, 1.807) is 7.11 Å². The normalized spacial score (nSPS) is 23.7. The molecule has 0 aromatic rings. The highest BCUT2D eigenvalue weighted by Crippen LogP contribution is 2.24. The van der Waals surface area contributed by atoms with Crippen molar-refractivity contribution in [3.8, 4) is 0 Å². The summed E-state index contributed by atoms with van der Waals surface area (Å²) in [7, 11) is 1.66. The number of rotatable bonds is 11. The number of hydrogen-bond acceptors (Lipinski definition) is 5. The summed E-state index contributed by atoms with van der Waals surface area (Å²) in [6, 6.07) is 0. The molecule has 108 valence electrons. The van der Waals surface area contributed by atoms with Crippen molar-refractivity contribution in [3.05, 3.63) is 0 Å². The van der Waals surface area contributed by atoms with Crippen molar-refractivity contribution in [2.45, 2.75) is 25.4 Å². The summed E-state index contributed by atoms with van der Waals surface area (Å²) in [6.45, 7) is 5.08. The Balaban J connectivity index is 1.73. The molecule has 0 radical (unpaired) electrons. The van der Waals surface area contributed by atoms with Crippen LogP contribution in [0.5, 0.6) is 0 Å². The fourth-order valence-corrected chi connectivity index (χ4v) is 2.15. The predicted octanol–water partition coefficient (Wildman–Crippen LogP) is 0.417. The molecule has 1 aliphatic rings. The first-order valence-corrected chi connectivity index (χ1v) is 6.86. The molecular formula is C13H27NO4. The first-order valence-electron chi connectivity index (χ1n) is 6.86. The van der Waals surface area contributed by atoms with Crippen LogP contribution >= 0.6 is 0 Å². The number of methoxy groups -OCH3 is 1. The maximum atomic E-state index is 9.39. The molecule has 5 heteroatoms. The van der Waals surface area contributed by atoms with Gasteiger partial charge in [0.1, 0.15) is 0 Å². The van der Waals surface area contributed by atoms with Crippen LogP contribution in [0, 0.1) is 5.92 Å². The summed E-state index contributed by atoms with van der Waals surface area (Å²) in [4.78, 5) is 0. The number of aliphatic hydroxyl groups excluding tert-OH is 1. The van der Waals surface area contributed by atoms with Gasteiger partial charge in [-0.3, -0.25) is 0 Å². The van der Waals surface area contributed by atoms with Gasteiger partial charge in [-0.15, -0.1) is 0 Å². The fraction of sp³-hybridized carbons (Fsp3) is 1.00. The molecule has 0 aromatic carbocycles. The Bertz CT molecular complexity index is 192. The molecule has 0 spiro atoms.